The molecule has 0 radical (unpaired) electrons. The summed E-state index contributed by atoms with van der Waals surface area (Å²) >= 11 is 1.62. The van der Waals surface area contributed by atoms with Gasteiger partial charge < -0.3 is 4.90 Å². The highest BCUT2D eigenvalue weighted by Gasteiger charge is 2.32. The molecular formula is C22H20N2O3S. The summed E-state index contributed by atoms with van der Waals surface area (Å²) in [5.74, 6) is -0.560. The zero-order valence-corrected chi connectivity index (χ0v) is 16.4. The molecule has 0 spiro atoms. The molecule has 5 nitrogen and oxygen atoms in total. The zero-order chi connectivity index (χ0) is 19.7. The summed E-state index contributed by atoms with van der Waals surface area (Å²) in [4.78, 5) is 42.1. The van der Waals surface area contributed by atoms with Crippen LogP contribution < -0.4 is 0 Å². The fourth-order valence-electron chi connectivity index (χ4n) is 3.59. The minimum Gasteiger partial charge on any atom is -0.341 e. The van der Waals surface area contributed by atoms with Crippen LogP contribution in [0.15, 0.2) is 53.9 Å². The normalized spacial score (nSPS) is 13.2. The first kappa shape index (κ1) is 18.4. The minimum absolute atomic E-state index is 0.00723. The second-order valence-electron chi connectivity index (χ2n) is 6.90. The van der Waals surface area contributed by atoms with Crippen molar-refractivity contribution in [1.29, 1.82) is 0 Å². The number of rotatable bonds is 6. The predicted molar refractivity (Wildman–Crippen MR) is 109 cm³/mol. The van der Waals surface area contributed by atoms with Crippen molar-refractivity contribution in [3.05, 3.63) is 69.9 Å². The number of carbonyl (C=O) groups is 3. The number of amides is 3. The van der Waals surface area contributed by atoms with Gasteiger partial charge in [0.2, 0.25) is 5.91 Å². The summed E-state index contributed by atoms with van der Waals surface area (Å²) in [6.07, 6.45) is 0.744. The molecule has 1 aliphatic heterocycles. The topological polar surface area (TPSA) is 57.7 Å². The van der Waals surface area contributed by atoms with Crippen molar-refractivity contribution in [2.24, 2.45) is 0 Å². The molecule has 0 bridgehead atoms. The molecule has 0 atom stereocenters. The van der Waals surface area contributed by atoms with Crippen LogP contribution in [0.4, 0.5) is 0 Å². The van der Waals surface area contributed by atoms with Gasteiger partial charge in [-0.05, 0) is 35.4 Å². The van der Waals surface area contributed by atoms with E-state index in [1.54, 1.807) is 35.4 Å². The van der Waals surface area contributed by atoms with Gasteiger partial charge >= 0.3 is 0 Å². The minimum atomic E-state index is -0.284. The molecule has 28 heavy (non-hydrogen) atoms. The fraction of sp³-hybridized carbons (Fsp3) is 0.227. The van der Waals surface area contributed by atoms with Crippen LogP contribution in [-0.4, -0.2) is 41.1 Å². The van der Waals surface area contributed by atoms with Crippen molar-refractivity contribution in [3.8, 4) is 0 Å². The molecule has 3 amide bonds. The number of imide groups is 1. The Morgan fingerprint density at radius 1 is 1.00 bits per heavy atom. The Kier molecular flexibility index (Phi) is 4.96. The van der Waals surface area contributed by atoms with Crippen molar-refractivity contribution >= 4 is 39.8 Å². The number of hydrogen-bond donors (Lipinski definition) is 0. The molecule has 0 fully saturated rings. The van der Waals surface area contributed by atoms with Gasteiger partial charge in [-0.25, -0.2) is 0 Å². The maximum absolute atomic E-state index is 12.8. The lowest BCUT2D eigenvalue weighted by Gasteiger charge is -2.27. The Labute approximate surface area is 167 Å². The van der Waals surface area contributed by atoms with E-state index in [1.165, 1.54) is 4.90 Å². The average molecular weight is 392 g/mol. The molecule has 0 N–H and O–H groups in total. The molecule has 0 saturated heterocycles. The lowest BCUT2D eigenvalue weighted by Crippen LogP contribution is -2.41. The second-order valence-corrected chi connectivity index (χ2v) is 7.94. The smallest absolute Gasteiger partial charge is 0.261 e. The number of carbonyl (C=O) groups excluding carboxylic acids is 3. The maximum Gasteiger partial charge on any atom is 0.261 e. The van der Waals surface area contributed by atoms with E-state index in [9.17, 15) is 14.4 Å². The average Bonchev–Trinajstić information content (AvgIpc) is 3.21. The SMILES string of the molecule is CN(Cc1cccs1)C(=O)CCCN1C(=O)c2cccc3cccc(c23)C1=O. The molecule has 6 heteroatoms. The van der Waals surface area contributed by atoms with E-state index in [-0.39, 0.29) is 24.3 Å². The van der Waals surface area contributed by atoms with Crippen LogP contribution in [0.25, 0.3) is 10.8 Å². The van der Waals surface area contributed by atoms with Crippen LogP contribution in [0.2, 0.25) is 0 Å². The molecular weight excluding hydrogens is 372 g/mol. The molecule has 1 aromatic heterocycles. The first-order valence-corrected chi connectivity index (χ1v) is 10.1. The first-order chi connectivity index (χ1) is 13.6. The third kappa shape index (κ3) is 3.31. The maximum atomic E-state index is 12.8. The number of nitrogens with zero attached hydrogens (tertiary/aromatic N) is 2. The van der Waals surface area contributed by atoms with Crippen molar-refractivity contribution in [2.45, 2.75) is 19.4 Å². The number of hydrogen-bond acceptors (Lipinski definition) is 4. The van der Waals surface area contributed by atoms with Gasteiger partial charge in [0.05, 0.1) is 6.54 Å². The summed E-state index contributed by atoms with van der Waals surface area (Å²) in [5.41, 5.74) is 1.10. The van der Waals surface area contributed by atoms with E-state index in [4.69, 9.17) is 0 Å². The van der Waals surface area contributed by atoms with Gasteiger partial charge in [-0.3, -0.25) is 19.3 Å². The second kappa shape index (κ2) is 7.56. The van der Waals surface area contributed by atoms with Crippen LogP contribution in [0.1, 0.15) is 38.4 Å². The molecule has 0 unspecified atom stereocenters. The van der Waals surface area contributed by atoms with Gasteiger partial charge in [-0.15, -0.1) is 11.3 Å². The molecule has 1 aliphatic rings. The van der Waals surface area contributed by atoms with E-state index >= 15 is 0 Å². The highest BCUT2D eigenvalue weighted by atomic mass is 32.1. The Hall–Kier alpha value is -2.99. The van der Waals surface area contributed by atoms with Crippen LogP contribution in [0, 0.1) is 0 Å². The van der Waals surface area contributed by atoms with E-state index in [1.807, 2.05) is 41.8 Å². The van der Waals surface area contributed by atoms with Crippen LogP contribution in [-0.2, 0) is 11.3 Å². The van der Waals surface area contributed by atoms with E-state index in [0.717, 1.165) is 15.6 Å². The van der Waals surface area contributed by atoms with Crippen molar-refractivity contribution < 1.29 is 14.4 Å². The fourth-order valence-corrected chi connectivity index (χ4v) is 4.34. The molecule has 2 heterocycles. The van der Waals surface area contributed by atoms with Gasteiger partial charge in [0.1, 0.15) is 0 Å². The molecule has 142 valence electrons. The van der Waals surface area contributed by atoms with E-state index in [0.29, 0.717) is 30.5 Å². The van der Waals surface area contributed by atoms with Crippen molar-refractivity contribution in [3.63, 3.8) is 0 Å². The van der Waals surface area contributed by atoms with Crippen LogP contribution in [0.3, 0.4) is 0 Å². The van der Waals surface area contributed by atoms with Crippen LogP contribution in [0.5, 0.6) is 0 Å². The Balaban J connectivity index is 1.42. The summed E-state index contributed by atoms with van der Waals surface area (Å²) in [5, 5.41) is 3.60. The monoisotopic (exact) mass is 392 g/mol. The van der Waals surface area contributed by atoms with Gasteiger partial charge in [0.25, 0.3) is 11.8 Å². The quantitative estimate of drug-likeness (QED) is 0.597. The third-order valence-electron chi connectivity index (χ3n) is 5.03. The summed E-state index contributed by atoms with van der Waals surface area (Å²) in [7, 11) is 1.77. The van der Waals surface area contributed by atoms with Gasteiger partial charge in [-0.2, -0.15) is 0 Å². The summed E-state index contributed by atoms with van der Waals surface area (Å²) in [6.45, 7) is 0.814. The van der Waals surface area contributed by atoms with Crippen LogP contribution >= 0.6 is 11.3 Å². The highest BCUT2D eigenvalue weighted by molar-refractivity contribution is 7.09. The third-order valence-corrected chi connectivity index (χ3v) is 5.89. The summed E-state index contributed by atoms with van der Waals surface area (Å²) in [6, 6.07) is 14.9. The van der Waals surface area contributed by atoms with Crippen molar-refractivity contribution in [2.75, 3.05) is 13.6 Å². The van der Waals surface area contributed by atoms with E-state index in [2.05, 4.69) is 0 Å². The lowest BCUT2D eigenvalue weighted by molar-refractivity contribution is -0.130. The van der Waals surface area contributed by atoms with Crippen molar-refractivity contribution in [1.82, 2.24) is 9.80 Å². The lowest BCUT2D eigenvalue weighted by atomic mass is 9.94. The Morgan fingerprint density at radius 3 is 2.29 bits per heavy atom. The number of benzene rings is 2. The first-order valence-electron chi connectivity index (χ1n) is 9.20. The molecule has 4 rings (SSSR count). The largest absolute Gasteiger partial charge is 0.341 e. The Bertz CT molecular complexity index is 1010. The van der Waals surface area contributed by atoms with Gasteiger partial charge in [0.15, 0.2) is 0 Å². The molecule has 0 saturated carbocycles. The highest BCUT2D eigenvalue weighted by Crippen LogP contribution is 2.30. The van der Waals surface area contributed by atoms with Gasteiger partial charge in [0, 0.05) is 41.4 Å². The standard InChI is InChI=1S/C22H20N2O3S/c1-23(14-16-8-5-13-28-16)19(25)11-4-12-24-21(26)17-9-2-6-15-7-3-10-18(20(15)17)22(24)27/h2-3,5-10,13H,4,11-12,14H2,1H3. The summed E-state index contributed by atoms with van der Waals surface area (Å²) < 4.78 is 0. The Morgan fingerprint density at radius 2 is 1.68 bits per heavy atom. The number of thiophene rings is 1. The zero-order valence-electron chi connectivity index (χ0n) is 15.6. The molecule has 0 aliphatic carbocycles. The van der Waals surface area contributed by atoms with Gasteiger partial charge in [-0.1, -0.05) is 30.3 Å². The van der Waals surface area contributed by atoms with E-state index < -0.39 is 0 Å². The predicted octanol–water partition coefficient (Wildman–Crippen LogP) is 3.94. The molecule has 2 aromatic carbocycles. The molecule has 3 aromatic rings.